The second-order valence-electron chi connectivity index (χ2n) is 8.04. The van der Waals surface area contributed by atoms with Crippen LogP contribution in [0, 0.1) is 5.92 Å². The molecule has 0 radical (unpaired) electrons. The van der Waals surface area contributed by atoms with Crippen molar-refractivity contribution in [1.82, 2.24) is 9.80 Å². The average molecular weight is 421 g/mol. The fourth-order valence-electron chi connectivity index (χ4n) is 4.08. The van der Waals surface area contributed by atoms with Crippen LogP contribution in [0.25, 0.3) is 0 Å². The first-order valence-electron chi connectivity index (χ1n) is 10.6. The fraction of sp³-hybridized carbons (Fsp3) is 0.360. The first-order valence-corrected chi connectivity index (χ1v) is 10.6. The van der Waals surface area contributed by atoms with Crippen molar-refractivity contribution in [2.75, 3.05) is 39.9 Å². The molecule has 162 valence electrons. The Labute approximate surface area is 183 Å². The van der Waals surface area contributed by atoms with Crippen LogP contribution in [-0.4, -0.2) is 61.6 Å². The van der Waals surface area contributed by atoms with Crippen molar-refractivity contribution in [2.24, 2.45) is 5.92 Å². The Kier molecular flexibility index (Phi) is 6.26. The van der Waals surface area contributed by atoms with Crippen molar-refractivity contribution in [3.8, 4) is 5.75 Å². The highest BCUT2D eigenvalue weighted by molar-refractivity contribution is 5.89. The molecule has 2 aliphatic rings. The smallest absolute Gasteiger partial charge is 0.337 e. The molecule has 1 amide bonds. The molecule has 1 heterocycles. The lowest BCUT2D eigenvalue weighted by molar-refractivity contribution is -0.134. The maximum absolute atomic E-state index is 12.9. The number of carbonyl (C=O) groups is 2. The predicted molar refractivity (Wildman–Crippen MR) is 118 cm³/mol. The summed E-state index contributed by atoms with van der Waals surface area (Å²) in [6, 6.07) is 17.2. The van der Waals surface area contributed by atoms with Gasteiger partial charge in [-0.1, -0.05) is 36.9 Å². The second-order valence-corrected chi connectivity index (χ2v) is 8.04. The molecule has 2 atom stereocenters. The van der Waals surface area contributed by atoms with E-state index in [2.05, 4.69) is 23.6 Å². The van der Waals surface area contributed by atoms with E-state index < -0.39 is 0 Å². The maximum Gasteiger partial charge on any atom is 0.337 e. The number of hydrogen-bond donors (Lipinski definition) is 0. The Morgan fingerprint density at radius 2 is 1.61 bits per heavy atom. The van der Waals surface area contributed by atoms with Crippen LogP contribution in [0.1, 0.15) is 28.3 Å². The lowest BCUT2D eigenvalue weighted by Gasteiger charge is -2.37. The number of methoxy groups -OCH3 is 1. The summed E-state index contributed by atoms with van der Waals surface area (Å²) in [7, 11) is 1.36. The Morgan fingerprint density at radius 1 is 0.968 bits per heavy atom. The first-order chi connectivity index (χ1) is 15.1. The van der Waals surface area contributed by atoms with Crippen molar-refractivity contribution < 1.29 is 19.1 Å². The summed E-state index contributed by atoms with van der Waals surface area (Å²) in [5, 5.41) is 0. The second kappa shape index (κ2) is 9.25. The zero-order valence-corrected chi connectivity index (χ0v) is 17.8. The van der Waals surface area contributed by atoms with Crippen molar-refractivity contribution in [3.05, 3.63) is 78.0 Å². The monoisotopic (exact) mass is 420 g/mol. The van der Waals surface area contributed by atoms with E-state index in [1.54, 1.807) is 24.3 Å². The number of amides is 1. The van der Waals surface area contributed by atoms with Crippen molar-refractivity contribution in [3.63, 3.8) is 0 Å². The third-order valence-electron chi connectivity index (χ3n) is 6.05. The number of benzene rings is 2. The molecule has 0 spiro atoms. The number of rotatable bonds is 7. The molecule has 31 heavy (non-hydrogen) atoms. The van der Waals surface area contributed by atoms with E-state index in [1.807, 2.05) is 23.1 Å². The highest BCUT2D eigenvalue weighted by Gasteiger charge is 2.46. The van der Waals surface area contributed by atoms with Crippen molar-refractivity contribution in [1.29, 1.82) is 0 Å². The van der Waals surface area contributed by atoms with Gasteiger partial charge in [-0.25, -0.2) is 4.79 Å². The molecule has 6 nitrogen and oxygen atoms in total. The van der Waals surface area contributed by atoms with Crippen LogP contribution in [-0.2, 0) is 9.53 Å². The first kappa shape index (κ1) is 21.0. The summed E-state index contributed by atoms with van der Waals surface area (Å²) in [5.41, 5.74) is 2.64. The van der Waals surface area contributed by atoms with Crippen molar-refractivity contribution >= 4 is 11.9 Å². The molecule has 1 saturated carbocycles. The molecule has 2 fully saturated rings. The van der Waals surface area contributed by atoms with E-state index in [4.69, 9.17) is 9.47 Å². The lowest BCUT2D eigenvalue weighted by atomic mass is 10.1. The molecule has 6 heteroatoms. The van der Waals surface area contributed by atoms with Gasteiger partial charge >= 0.3 is 5.97 Å². The van der Waals surface area contributed by atoms with Gasteiger partial charge in [-0.3, -0.25) is 4.79 Å². The minimum atomic E-state index is -0.371. The van der Waals surface area contributed by atoms with Gasteiger partial charge in [0.05, 0.1) is 12.7 Å². The number of carbonyl (C=O) groups excluding carboxylic acids is 2. The Balaban J connectivity index is 1.21. The summed E-state index contributed by atoms with van der Waals surface area (Å²) in [4.78, 5) is 28.5. The molecular weight excluding hydrogens is 392 g/mol. The molecule has 1 saturated heterocycles. The van der Waals surface area contributed by atoms with E-state index >= 15 is 0 Å². The van der Waals surface area contributed by atoms with Crippen LogP contribution >= 0.6 is 0 Å². The number of nitrogens with zero attached hydrogens (tertiary/aromatic N) is 2. The molecule has 2 aromatic carbocycles. The molecule has 1 aliphatic heterocycles. The molecule has 0 N–H and O–H groups in total. The number of esters is 1. The van der Waals surface area contributed by atoms with E-state index in [1.165, 1.54) is 12.7 Å². The normalized spacial score (nSPS) is 20.2. The molecule has 0 bridgehead atoms. The number of ether oxygens (including phenoxy) is 2. The van der Waals surface area contributed by atoms with Gasteiger partial charge in [-0.15, -0.1) is 0 Å². The van der Waals surface area contributed by atoms with Crippen molar-refractivity contribution in [2.45, 2.75) is 12.3 Å². The topological polar surface area (TPSA) is 59.1 Å². The van der Waals surface area contributed by atoms with Crippen LogP contribution in [0.3, 0.4) is 0 Å². The predicted octanol–water partition coefficient (Wildman–Crippen LogP) is 3.31. The third-order valence-corrected chi connectivity index (χ3v) is 6.05. The van der Waals surface area contributed by atoms with Crippen LogP contribution in [0.4, 0.5) is 0 Å². The molecule has 2 aromatic rings. The molecule has 0 aromatic heterocycles. The van der Waals surface area contributed by atoms with Gasteiger partial charge in [-0.05, 0) is 42.2 Å². The standard InChI is InChI=1S/C25H28N2O4/c1-18(17-31-21-10-8-20(9-11-21)25(29)30-2)26-12-14-27(15-13-26)24(28)23-16-22(23)19-6-4-3-5-7-19/h3-11,22-23H,1,12-17H2,2H3/t22-,23+/m0/s1. The van der Waals surface area contributed by atoms with Crippen LogP contribution in [0.2, 0.25) is 0 Å². The number of piperazine rings is 1. The highest BCUT2D eigenvalue weighted by Crippen LogP contribution is 2.48. The van der Waals surface area contributed by atoms with Gasteiger partial charge in [0.1, 0.15) is 12.4 Å². The largest absolute Gasteiger partial charge is 0.487 e. The van der Waals surface area contributed by atoms with Gasteiger partial charge in [-0.2, -0.15) is 0 Å². The van der Waals surface area contributed by atoms with E-state index in [0.717, 1.165) is 25.2 Å². The van der Waals surface area contributed by atoms with Gasteiger partial charge in [0.25, 0.3) is 0 Å². The minimum absolute atomic E-state index is 0.133. The van der Waals surface area contributed by atoms with Crippen LogP contribution < -0.4 is 4.74 Å². The summed E-state index contributed by atoms with van der Waals surface area (Å²) in [6.07, 6.45) is 0.957. The zero-order valence-electron chi connectivity index (χ0n) is 17.8. The van der Waals surface area contributed by atoms with Crippen LogP contribution in [0.15, 0.2) is 66.9 Å². The fourth-order valence-corrected chi connectivity index (χ4v) is 4.08. The Bertz CT molecular complexity index is 934. The van der Waals surface area contributed by atoms with Gasteiger partial charge in [0.2, 0.25) is 5.91 Å². The summed E-state index contributed by atoms with van der Waals surface area (Å²) in [5.74, 6) is 1.09. The number of hydrogen-bond acceptors (Lipinski definition) is 5. The van der Waals surface area contributed by atoms with Gasteiger partial charge < -0.3 is 19.3 Å². The SMILES string of the molecule is C=C(COc1ccc(C(=O)OC)cc1)N1CCN(C(=O)[C@@H]2C[C@H]2c2ccccc2)CC1. The summed E-state index contributed by atoms with van der Waals surface area (Å²) >= 11 is 0. The highest BCUT2D eigenvalue weighted by atomic mass is 16.5. The molecular formula is C25H28N2O4. The third kappa shape index (κ3) is 4.90. The zero-order chi connectivity index (χ0) is 21.8. The minimum Gasteiger partial charge on any atom is -0.487 e. The summed E-state index contributed by atoms with van der Waals surface area (Å²) < 4.78 is 10.5. The lowest BCUT2D eigenvalue weighted by Crippen LogP contribution is -2.49. The van der Waals surface area contributed by atoms with Crippen LogP contribution in [0.5, 0.6) is 5.75 Å². The molecule has 1 aliphatic carbocycles. The van der Waals surface area contributed by atoms with E-state index in [-0.39, 0.29) is 17.8 Å². The Hall–Kier alpha value is -3.28. The molecule has 0 unspecified atom stereocenters. The summed E-state index contributed by atoms with van der Waals surface area (Å²) in [6.45, 7) is 7.46. The van der Waals surface area contributed by atoms with Gasteiger partial charge in [0, 0.05) is 37.8 Å². The molecule has 4 rings (SSSR count). The van der Waals surface area contributed by atoms with E-state index in [0.29, 0.717) is 36.9 Å². The van der Waals surface area contributed by atoms with E-state index in [9.17, 15) is 9.59 Å². The quantitative estimate of drug-likeness (QED) is 0.643. The maximum atomic E-state index is 12.9. The van der Waals surface area contributed by atoms with Gasteiger partial charge in [0.15, 0.2) is 0 Å². The Morgan fingerprint density at radius 3 is 2.26 bits per heavy atom. The average Bonchev–Trinajstić information content (AvgIpc) is 3.63.